The van der Waals surface area contributed by atoms with E-state index >= 15 is 0 Å². The Balaban J connectivity index is 2.71. The van der Waals surface area contributed by atoms with Crippen molar-refractivity contribution in [2.24, 2.45) is 5.73 Å². The molecule has 4 nitrogen and oxygen atoms in total. The number of primary amides is 1. The number of nitrogens with two attached hydrogens (primary N) is 1. The minimum Gasteiger partial charge on any atom is -0.445 e. The van der Waals surface area contributed by atoms with Crippen LogP contribution in [0, 0.1) is 6.92 Å². The quantitative estimate of drug-likeness (QED) is 0.626. The van der Waals surface area contributed by atoms with Gasteiger partial charge in [-0.25, -0.2) is 4.98 Å². The van der Waals surface area contributed by atoms with Crippen LogP contribution >= 0.6 is 0 Å². The van der Waals surface area contributed by atoms with Crippen LogP contribution < -0.4 is 5.73 Å². The Hall–Kier alpha value is -1.58. The summed E-state index contributed by atoms with van der Waals surface area (Å²) in [4.78, 5) is 14.2. The molecule has 2 N–H and O–H groups in total. The first-order valence-corrected chi connectivity index (χ1v) is 3.08. The van der Waals surface area contributed by atoms with Crippen molar-refractivity contribution in [3.63, 3.8) is 0 Å². The van der Waals surface area contributed by atoms with Gasteiger partial charge in [0.2, 0.25) is 11.8 Å². The minimum atomic E-state index is -0.513. The van der Waals surface area contributed by atoms with Crippen LogP contribution in [0.2, 0.25) is 0 Å². The van der Waals surface area contributed by atoms with Crippen molar-refractivity contribution in [2.45, 2.75) is 6.92 Å². The first kappa shape index (κ1) is 7.53. The summed E-state index contributed by atoms with van der Waals surface area (Å²) < 4.78 is 4.91. The average molecular weight is 152 g/mol. The molecular weight excluding hydrogens is 144 g/mol. The predicted molar refractivity (Wildman–Crippen MR) is 39.5 cm³/mol. The Bertz CT molecular complexity index is 288. The zero-order chi connectivity index (χ0) is 8.27. The molecule has 58 valence electrons. The molecule has 0 bridgehead atoms. The number of hydrogen-bond acceptors (Lipinski definition) is 3. The molecule has 0 saturated carbocycles. The van der Waals surface area contributed by atoms with Crippen LogP contribution in [0.3, 0.4) is 0 Å². The Morgan fingerprint density at radius 1 is 1.82 bits per heavy atom. The Labute approximate surface area is 63.7 Å². The highest BCUT2D eigenvalue weighted by molar-refractivity contribution is 5.89. The molecule has 0 unspecified atom stereocenters. The van der Waals surface area contributed by atoms with Crippen molar-refractivity contribution in [3.05, 3.63) is 23.9 Å². The van der Waals surface area contributed by atoms with Gasteiger partial charge in [-0.15, -0.1) is 0 Å². The number of oxazole rings is 1. The van der Waals surface area contributed by atoms with Crippen molar-refractivity contribution in [1.29, 1.82) is 0 Å². The second kappa shape index (κ2) is 3.01. The highest BCUT2D eigenvalue weighted by Gasteiger charge is 1.94. The van der Waals surface area contributed by atoms with Gasteiger partial charge < -0.3 is 10.2 Å². The highest BCUT2D eigenvalue weighted by Crippen LogP contribution is 2.01. The zero-order valence-electron chi connectivity index (χ0n) is 6.07. The summed E-state index contributed by atoms with van der Waals surface area (Å²) in [5.74, 6) is -0.123. The number of carbonyl (C=O) groups is 1. The van der Waals surface area contributed by atoms with E-state index in [1.54, 1.807) is 6.92 Å². The zero-order valence-corrected chi connectivity index (χ0v) is 6.07. The fourth-order valence-corrected chi connectivity index (χ4v) is 0.602. The fraction of sp³-hybridized carbons (Fsp3) is 0.143. The van der Waals surface area contributed by atoms with Gasteiger partial charge in [0.15, 0.2) is 0 Å². The summed E-state index contributed by atoms with van der Waals surface area (Å²) in [5.41, 5.74) is 5.62. The lowest BCUT2D eigenvalue weighted by atomic mass is 10.5. The maximum absolute atomic E-state index is 10.2. The van der Waals surface area contributed by atoms with E-state index in [-0.39, 0.29) is 0 Å². The van der Waals surface area contributed by atoms with Gasteiger partial charge in [0.05, 0.1) is 5.69 Å². The molecule has 0 atom stereocenters. The minimum absolute atomic E-state index is 0.390. The van der Waals surface area contributed by atoms with Crippen LogP contribution in [0.1, 0.15) is 11.6 Å². The molecule has 0 fully saturated rings. The molecule has 1 rings (SSSR count). The van der Waals surface area contributed by atoms with E-state index in [9.17, 15) is 4.79 Å². The molecule has 0 radical (unpaired) electrons. The van der Waals surface area contributed by atoms with Crippen molar-refractivity contribution in [1.82, 2.24) is 4.98 Å². The number of aryl methyl sites for hydroxylation is 1. The highest BCUT2D eigenvalue weighted by atomic mass is 16.3. The van der Waals surface area contributed by atoms with Gasteiger partial charge in [0.1, 0.15) is 6.26 Å². The summed E-state index contributed by atoms with van der Waals surface area (Å²) in [6, 6.07) is 0. The summed E-state index contributed by atoms with van der Waals surface area (Å²) in [7, 11) is 0. The predicted octanol–water partition coefficient (Wildman–Crippen LogP) is 0.482. The van der Waals surface area contributed by atoms with E-state index in [4.69, 9.17) is 10.2 Å². The molecule has 1 aromatic heterocycles. The molecule has 0 spiro atoms. The number of aromatic nitrogens is 1. The van der Waals surface area contributed by atoms with E-state index in [0.717, 1.165) is 5.69 Å². The molecule has 11 heavy (non-hydrogen) atoms. The van der Waals surface area contributed by atoms with Crippen molar-refractivity contribution < 1.29 is 9.21 Å². The molecule has 0 saturated heterocycles. The van der Waals surface area contributed by atoms with Crippen LogP contribution in [0.25, 0.3) is 6.08 Å². The largest absolute Gasteiger partial charge is 0.445 e. The third-order valence-electron chi connectivity index (χ3n) is 1.03. The molecule has 1 aromatic rings. The average Bonchev–Trinajstić information content (AvgIpc) is 2.31. The maximum Gasteiger partial charge on any atom is 0.241 e. The second-order valence-electron chi connectivity index (χ2n) is 2.06. The van der Waals surface area contributed by atoms with Gasteiger partial charge in [-0.05, 0) is 6.92 Å². The smallest absolute Gasteiger partial charge is 0.241 e. The summed E-state index contributed by atoms with van der Waals surface area (Å²) >= 11 is 0. The molecule has 0 aliphatic heterocycles. The Morgan fingerprint density at radius 2 is 2.55 bits per heavy atom. The Morgan fingerprint density at radius 3 is 3.00 bits per heavy atom. The number of rotatable bonds is 2. The molecule has 0 aliphatic rings. The van der Waals surface area contributed by atoms with Crippen molar-refractivity contribution >= 4 is 12.0 Å². The standard InChI is InChI=1S/C7H8N2O2/c1-5-4-11-7(9-5)3-2-6(8)10/h2-4H,1H3,(H2,8,10)/b3-2+. The molecular formula is C7H8N2O2. The van der Waals surface area contributed by atoms with Gasteiger partial charge in [-0.2, -0.15) is 0 Å². The number of nitrogens with zero attached hydrogens (tertiary/aromatic N) is 1. The lowest BCUT2D eigenvalue weighted by Crippen LogP contribution is -2.05. The molecule has 0 aliphatic carbocycles. The lowest BCUT2D eigenvalue weighted by Gasteiger charge is -1.79. The van der Waals surface area contributed by atoms with E-state index in [2.05, 4.69) is 4.98 Å². The monoisotopic (exact) mass is 152 g/mol. The van der Waals surface area contributed by atoms with Gasteiger partial charge in [-0.1, -0.05) is 0 Å². The van der Waals surface area contributed by atoms with E-state index in [1.165, 1.54) is 18.4 Å². The van der Waals surface area contributed by atoms with Crippen LogP contribution in [0.4, 0.5) is 0 Å². The van der Waals surface area contributed by atoms with Gasteiger partial charge >= 0.3 is 0 Å². The van der Waals surface area contributed by atoms with Gasteiger partial charge in [0, 0.05) is 12.2 Å². The van der Waals surface area contributed by atoms with E-state index < -0.39 is 5.91 Å². The molecule has 1 heterocycles. The van der Waals surface area contributed by atoms with Gasteiger partial charge in [0.25, 0.3) is 0 Å². The van der Waals surface area contributed by atoms with E-state index in [1.807, 2.05) is 0 Å². The molecule has 0 aromatic carbocycles. The number of amides is 1. The third kappa shape index (κ3) is 2.25. The van der Waals surface area contributed by atoms with Crippen LogP contribution in [0.15, 0.2) is 16.8 Å². The fourth-order valence-electron chi connectivity index (χ4n) is 0.602. The Kier molecular flexibility index (Phi) is 2.06. The summed E-state index contributed by atoms with van der Waals surface area (Å²) in [6.07, 6.45) is 4.13. The van der Waals surface area contributed by atoms with Crippen LogP contribution in [-0.2, 0) is 4.79 Å². The second-order valence-corrected chi connectivity index (χ2v) is 2.06. The SMILES string of the molecule is Cc1coc(/C=C/C(N)=O)n1. The normalized spacial score (nSPS) is 10.6. The van der Waals surface area contributed by atoms with E-state index in [0.29, 0.717) is 5.89 Å². The third-order valence-corrected chi connectivity index (χ3v) is 1.03. The lowest BCUT2D eigenvalue weighted by molar-refractivity contribution is -0.113. The summed E-state index contributed by atoms with van der Waals surface area (Å²) in [6.45, 7) is 1.80. The molecule has 1 amide bonds. The van der Waals surface area contributed by atoms with Crippen molar-refractivity contribution in [3.8, 4) is 0 Å². The van der Waals surface area contributed by atoms with Crippen LogP contribution in [-0.4, -0.2) is 10.9 Å². The summed E-state index contributed by atoms with van der Waals surface area (Å²) in [5, 5.41) is 0. The topological polar surface area (TPSA) is 69.1 Å². The number of hydrogen-bond donors (Lipinski definition) is 1. The first-order valence-electron chi connectivity index (χ1n) is 3.08. The molecule has 4 heteroatoms. The van der Waals surface area contributed by atoms with Crippen LogP contribution in [0.5, 0.6) is 0 Å². The first-order chi connectivity index (χ1) is 5.18. The van der Waals surface area contributed by atoms with Crippen molar-refractivity contribution in [2.75, 3.05) is 0 Å². The van der Waals surface area contributed by atoms with Gasteiger partial charge in [-0.3, -0.25) is 4.79 Å². The maximum atomic E-state index is 10.2. The number of carbonyl (C=O) groups excluding carboxylic acids is 1.